The smallest absolute Gasteiger partial charge is 0.0852 e. The van der Waals surface area contributed by atoms with Crippen LogP contribution in [0.15, 0.2) is 30.3 Å². The van der Waals surface area contributed by atoms with Gasteiger partial charge in [0.15, 0.2) is 0 Å². The lowest BCUT2D eigenvalue weighted by Crippen LogP contribution is -2.51. The second-order valence-corrected chi connectivity index (χ2v) is 6.91. The Morgan fingerprint density at radius 2 is 1.86 bits per heavy atom. The number of hydrogen-bond acceptors (Lipinski definition) is 2. The summed E-state index contributed by atoms with van der Waals surface area (Å²) in [5.41, 5.74) is 0.959. The molecular weight excluding hydrogens is 256 g/mol. The molecule has 0 atom stereocenters. The van der Waals surface area contributed by atoms with Gasteiger partial charge in [0.05, 0.1) is 11.5 Å². The van der Waals surface area contributed by atoms with E-state index in [1.807, 2.05) is 18.2 Å². The molecule has 3 rings (SSSR count). The van der Waals surface area contributed by atoms with Gasteiger partial charge in [0.2, 0.25) is 0 Å². The van der Waals surface area contributed by atoms with E-state index in [1.165, 1.54) is 44.1 Å². The van der Waals surface area contributed by atoms with Crippen LogP contribution in [0.1, 0.15) is 56.9 Å². The van der Waals surface area contributed by atoms with Gasteiger partial charge in [0, 0.05) is 6.04 Å². The second-order valence-electron chi connectivity index (χ2n) is 6.91. The third-order valence-electron chi connectivity index (χ3n) is 5.43. The third-order valence-corrected chi connectivity index (χ3v) is 5.43. The maximum atomic E-state index is 9.55. The minimum atomic E-state index is -0.232. The van der Waals surface area contributed by atoms with Crippen LogP contribution in [0.5, 0.6) is 0 Å². The summed E-state index contributed by atoms with van der Waals surface area (Å²) >= 11 is 0. The highest BCUT2D eigenvalue weighted by Crippen LogP contribution is 2.43. The van der Waals surface area contributed by atoms with E-state index < -0.39 is 0 Å². The molecule has 0 unspecified atom stereocenters. The molecule has 2 aliphatic rings. The highest BCUT2D eigenvalue weighted by Gasteiger charge is 2.45. The van der Waals surface area contributed by atoms with E-state index in [0.29, 0.717) is 6.04 Å². The fourth-order valence-corrected chi connectivity index (χ4v) is 4.07. The lowest BCUT2D eigenvalue weighted by Gasteiger charge is -2.43. The monoisotopic (exact) mass is 282 g/mol. The number of nitrogens with zero attached hydrogens (tertiary/aromatic N) is 1. The molecule has 2 aliphatic carbocycles. The van der Waals surface area contributed by atoms with Gasteiger partial charge in [-0.25, -0.2) is 0 Å². The molecule has 1 aromatic rings. The van der Waals surface area contributed by atoms with Crippen LogP contribution in [0.3, 0.4) is 0 Å². The molecule has 0 aliphatic heterocycles. The van der Waals surface area contributed by atoms with Crippen molar-refractivity contribution in [2.45, 2.75) is 62.8 Å². The van der Waals surface area contributed by atoms with Crippen LogP contribution in [0, 0.1) is 17.2 Å². The molecule has 2 nitrogen and oxygen atoms in total. The zero-order chi connectivity index (χ0) is 14.5. The lowest BCUT2D eigenvalue weighted by molar-refractivity contribution is 0.225. The first kappa shape index (κ1) is 14.6. The van der Waals surface area contributed by atoms with Crippen molar-refractivity contribution >= 4 is 0 Å². The third kappa shape index (κ3) is 3.30. The maximum absolute atomic E-state index is 9.55. The summed E-state index contributed by atoms with van der Waals surface area (Å²) in [6.45, 7) is 1.12. The lowest BCUT2D eigenvalue weighted by atomic mass is 9.62. The molecule has 0 amide bonds. The van der Waals surface area contributed by atoms with Crippen LogP contribution < -0.4 is 5.32 Å². The zero-order valence-corrected chi connectivity index (χ0v) is 12.9. The molecule has 0 aromatic heterocycles. The topological polar surface area (TPSA) is 35.8 Å². The van der Waals surface area contributed by atoms with E-state index in [9.17, 15) is 5.26 Å². The van der Waals surface area contributed by atoms with E-state index in [0.717, 1.165) is 25.3 Å². The fourth-order valence-electron chi connectivity index (χ4n) is 4.07. The fraction of sp³-hybridized carbons (Fsp3) is 0.632. The zero-order valence-electron chi connectivity index (χ0n) is 12.9. The van der Waals surface area contributed by atoms with E-state index >= 15 is 0 Å². The summed E-state index contributed by atoms with van der Waals surface area (Å²) < 4.78 is 0. The number of benzene rings is 1. The van der Waals surface area contributed by atoms with Gasteiger partial charge in [0.25, 0.3) is 0 Å². The van der Waals surface area contributed by atoms with Crippen LogP contribution in [0.2, 0.25) is 0 Å². The van der Waals surface area contributed by atoms with Crippen LogP contribution in [0.25, 0.3) is 0 Å². The van der Waals surface area contributed by atoms with Gasteiger partial charge in [-0.15, -0.1) is 0 Å². The Kier molecular flexibility index (Phi) is 4.60. The SMILES string of the molecule is N#CC1(c2ccccc2)CC(NCCCC2CCCC2)C1. The molecule has 0 radical (unpaired) electrons. The summed E-state index contributed by atoms with van der Waals surface area (Å²) in [5, 5.41) is 13.2. The van der Waals surface area contributed by atoms with Gasteiger partial charge in [-0.05, 0) is 43.7 Å². The number of hydrogen-bond donors (Lipinski definition) is 1. The van der Waals surface area contributed by atoms with E-state index in [-0.39, 0.29) is 5.41 Å². The molecule has 2 saturated carbocycles. The summed E-state index contributed by atoms with van der Waals surface area (Å²) in [7, 11) is 0. The van der Waals surface area contributed by atoms with Crippen molar-refractivity contribution in [3.63, 3.8) is 0 Å². The quantitative estimate of drug-likeness (QED) is 0.795. The Labute approximate surface area is 128 Å². The first-order chi connectivity index (χ1) is 10.3. The largest absolute Gasteiger partial charge is 0.314 e. The Bertz CT molecular complexity index is 476. The van der Waals surface area contributed by atoms with Gasteiger partial charge in [-0.3, -0.25) is 0 Å². The Morgan fingerprint density at radius 3 is 2.52 bits per heavy atom. The first-order valence-corrected chi connectivity index (χ1v) is 8.52. The van der Waals surface area contributed by atoms with Gasteiger partial charge in [0.1, 0.15) is 0 Å². The predicted molar refractivity (Wildman–Crippen MR) is 85.9 cm³/mol. The average molecular weight is 282 g/mol. The summed E-state index contributed by atoms with van der Waals surface area (Å²) in [5.74, 6) is 0.996. The van der Waals surface area contributed by atoms with E-state index in [1.54, 1.807) is 0 Å². The molecule has 1 N–H and O–H groups in total. The number of nitriles is 1. The van der Waals surface area contributed by atoms with Crippen LogP contribution in [-0.2, 0) is 5.41 Å². The normalized spacial score (nSPS) is 29.0. The van der Waals surface area contributed by atoms with Crippen molar-refractivity contribution < 1.29 is 0 Å². The second kappa shape index (κ2) is 6.62. The van der Waals surface area contributed by atoms with Crippen molar-refractivity contribution in [3.8, 4) is 6.07 Å². The van der Waals surface area contributed by atoms with Crippen molar-refractivity contribution in [1.82, 2.24) is 5.32 Å². The van der Waals surface area contributed by atoms with Crippen LogP contribution >= 0.6 is 0 Å². The van der Waals surface area contributed by atoms with Crippen molar-refractivity contribution in [2.24, 2.45) is 5.92 Å². The highest BCUT2D eigenvalue weighted by molar-refractivity contribution is 5.36. The molecule has 0 spiro atoms. The molecule has 0 heterocycles. The number of rotatable bonds is 6. The Hall–Kier alpha value is -1.33. The van der Waals surface area contributed by atoms with Crippen molar-refractivity contribution in [2.75, 3.05) is 6.54 Å². The van der Waals surface area contributed by atoms with Gasteiger partial charge >= 0.3 is 0 Å². The van der Waals surface area contributed by atoms with Crippen LogP contribution in [-0.4, -0.2) is 12.6 Å². The molecule has 1 aromatic carbocycles. The number of nitrogens with one attached hydrogen (secondary N) is 1. The highest BCUT2D eigenvalue weighted by atomic mass is 14.9. The van der Waals surface area contributed by atoms with E-state index in [4.69, 9.17) is 0 Å². The Balaban J connectivity index is 1.39. The minimum absolute atomic E-state index is 0.232. The van der Waals surface area contributed by atoms with E-state index in [2.05, 4.69) is 23.5 Å². The average Bonchev–Trinajstić information content (AvgIpc) is 3.00. The minimum Gasteiger partial charge on any atom is -0.314 e. The van der Waals surface area contributed by atoms with Gasteiger partial charge < -0.3 is 5.32 Å². The maximum Gasteiger partial charge on any atom is 0.0852 e. The summed E-state index contributed by atoms with van der Waals surface area (Å²) in [6.07, 6.45) is 10.4. The molecule has 0 bridgehead atoms. The van der Waals surface area contributed by atoms with Crippen molar-refractivity contribution in [3.05, 3.63) is 35.9 Å². The summed E-state index contributed by atoms with van der Waals surface area (Å²) in [4.78, 5) is 0. The molecule has 21 heavy (non-hydrogen) atoms. The standard InChI is InChI=1S/C19H26N2/c20-15-19(17-10-2-1-3-11-17)13-18(14-19)21-12-6-9-16-7-4-5-8-16/h1-3,10-11,16,18,21H,4-9,12-14H2. The Morgan fingerprint density at radius 1 is 1.14 bits per heavy atom. The molecule has 0 saturated heterocycles. The molecule has 2 heteroatoms. The van der Waals surface area contributed by atoms with Gasteiger partial charge in [-0.1, -0.05) is 56.0 Å². The molecular formula is C19H26N2. The predicted octanol–water partition coefficient (Wildman–Crippen LogP) is 4.17. The van der Waals surface area contributed by atoms with Crippen LogP contribution in [0.4, 0.5) is 0 Å². The summed E-state index contributed by atoms with van der Waals surface area (Å²) in [6, 6.07) is 13.4. The first-order valence-electron chi connectivity index (χ1n) is 8.52. The molecule has 2 fully saturated rings. The van der Waals surface area contributed by atoms with Gasteiger partial charge in [-0.2, -0.15) is 5.26 Å². The van der Waals surface area contributed by atoms with Crippen molar-refractivity contribution in [1.29, 1.82) is 5.26 Å². The molecule has 112 valence electrons.